The van der Waals surface area contributed by atoms with E-state index in [0.717, 1.165) is 62.1 Å². The van der Waals surface area contributed by atoms with E-state index in [1.165, 1.54) is 11.3 Å². The lowest BCUT2D eigenvalue weighted by Gasteiger charge is -2.34. The largest absolute Gasteiger partial charge is 0.370 e. The number of benzene rings is 5. The van der Waals surface area contributed by atoms with Gasteiger partial charge in [0.25, 0.3) is 0 Å². The van der Waals surface area contributed by atoms with Crippen molar-refractivity contribution in [2.45, 2.75) is 12.0 Å². The molecule has 2 unspecified atom stereocenters. The van der Waals surface area contributed by atoms with Gasteiger partial charge in [-0.05, 0) is 71.3 Å². The maximum absolute atomic E-state index is 10.5. The summed E-state index contributed by atoms with van der Waals surface area (Å²) in [5.74, 6) is 0.304. The van der Waals surface area contributed by atoms with Crippen LogP contribution in [0.1, 0.15) is 28.2 Å². The van der Waals surface area contributed by atoms with Crippen LogP contribution in [0, 0.1) is 22.7 Å². The lowest BCUT2D eigenvalue weighted by atomic mass is 9.91. The molecular weight excluding hydrogens is 599 g/mol. The standard InChI is InChI=1S/C44H31N5/c1-47-22-21-33(48-39-17-6-2-12-35(39)36-13-3-7-18-40(36)48)26-43(47)32-24-29(27-45)23-31(25-32)34-16-10-11-30(28-46)44(34)49-41-19-8-4-14-37(41)38-15-5-9-20-42(38)49/h2-21,23-26,35,39H,22H2,1H3. The molecular formula is C44H31N5. The molecule has 9 rings (SSSR count). The Bertz CT molecular complexity index is 2490. The summed E-state index contributed by atoms with van der Waals surface area (Å²) in [5, 5.41) is 23.0. The Morgan fingerprint density at radius 1 is 0.714 bits per heavy atom. The van der Waals surface area contributed by atoms with Gasteiger partial charge in [0.2, 0.25) is 0 Å². The summed E-state index contributed by atoms with van der Waals surface area (Å²) in [6.45, 7) is 0.736. The second-order valence-electron chi connectivity index (χ2n) is 12.8. The first kappa shape index (κ1) is 28.6. The summed E-state index contributed by atoms with van der Waals surface area (Å²) in [6.07, 6.45) is 13.4. The molecule has 0 saturated carbocycles. The van der Waals surface area contributed by atoms with Gasteiger partial charge in [-0.1, -0.05) is 91.0 Å². The molecule has 1 aliphatic carbocycles. The van der Waals surface area contributed by atoms with Crippen LogP contribution >= 0.6 is 0 Å². The van der Waals surface area contributed by atoms with E-state index >= 15 is 0 Å². The van der Waals surface area contributed by atoms with E-state index in [9.17, 15) is 10.5 Å². The summed E-state index contributed by atoms with van der Waals surface area (Å²) in [5.41, 5.74) is 11.5. The highest BCUT2D eigenvalue weighted by Gasteiger charge is 2.38. The van der Waals surface area contributed by atoms with Crippen molar-refractivity contribution < 1.29 is 0 Å². The highest BCUT2D eigenvalue weighted by molar-refractivity contribution is 6.10. The number of para-hydroxylation sites is 4. The molecule has 2 aliphatic heterocycles. The Hall–Kier alpha value is -6.56. The van der Waals surface area contributed by atoms with Gasteiger partial charge in [-0.2, -0.15) is 10.5 Å². The van der Waals surface area contributed by atoms with Gasteiger partial charge < -0.3 is 14.4 Å². The fourth-order valence-corrected chi connectivity index (χ4v) is 7.97. The number of anilines is 1. The van der Waals surface area contributed by atoms with Crippen molar-refractivity contribution in [3.63, 3.8) is 0 Å². The second-order valence-corrected chi connectivity index (χ2v) is 12.8. The van der Waals surface area contributed by atoms with Crippen LogP contribution in [-0.4, -0.2) is 29.1 Å². The van der Waals surface area contributed by atoms with E-state index in [-0.39, 0.29) is 6.04 Å². The molecule has 5 heteroatoms. The lowest BCUT2D eigenvalue weighted by molar-refractivity contribution is 0.526. The topological polar surface area (TPSA) is 59.0 Å². The van der Waals surface area contributed by atoms with Crippen molar-refractivity contribution in [3.8, 4) is 29.0 Å². The number of hydrogen-bond acceptors (Lipinski definition) is 4. The van der Waals surface area contributed by atoms with Crippen LogP contribution in [0.4, 0.5) is 5.69 Å². The molecule has 3 aliphatic rings. The number of allylic oxidation sites excluding steroid dienone is 3. The van der Waals surface area contributed by atoms with Crippen LogP contribution < -0.4 is 4.90 Å². The van der Waals surface area contributed by atoms with Crippen molar-refractivity contribution in [1.29, 1.82) is 10.5 Å². The fourth-order valence-electron chi connectivity index (χ4n) is 7.97. The van der Waals surface area contributed by atoms with Crippen molar-refractivity contribution in [2.24, 2.45) is 0 Å². The first-order chi connectivity index (χ1) is 24.1. The first-order valence-electron chi connectivity index (χ1n) is 16.6. The van der Waals surface area contributed by atoms with E-state index in [0.29, 0.717) is 17.0 Å². The molecule has 0 N–H and O–H groups in total. The molecule has 0 spiro atoms. The van der Waals surface area contributed by atoms with Crippen LogP contribution in [0.5, 0.6) is 0 Å². The molecule has 3 heterocycles. The number of aromatic nitrogens is 1. The Balaban J connectivity index is 1.22. The third kappa shape index (κ3) is 4.44. The Morgan fingerprint density at radius 3 is 2.20 bits per heavy atom. The highest BCUT2D eigenvalue weighted by atomic mass is 15.2. The summed E-state index contributed by atoms with van der Waals surface area (Å²) < 4.78 is 2.21. The van der Waals surface area contributed by atoms with Crippen molar-refractivity contribution >= 4 is 33.2 Å². The minimum atomic E-state index is 0.207. The molecule has 1 aromatic heterocycles. The van der Waals surface area contributed by atoms with E-state index in [2.05, 4.69) is 143 Å². The van der Waals surface area contributed by atoms with Crippen LogP contribution in [0.2, 0.25) is 0 Å². The van der Waals surface area contributed by atoms with Crippen LogP contribution in [-0.2, 0) is 0 Å². The number of likely N-dealkylation sites (N-methyl/N-ethyl adjacent to an activating group) is 1. The molecule has 6 aromatic rings. The Labute approximate surface area is 285 Å². The molecule has 2 atom stereocenters. The van der Waals surface area contributed by atoms with Crippen LogP contribution in [0.15, 0.2) is 151 Å². The van der Waals surface area contributed by atoms with Crippen molar-refractivity contribution in [3.05, 3.63) is 174 Å². The minimum Gasteiger partial charge on any atom is -0.370 e. The Morgan fingerprint density at radius 2 is 1.43 bits per heavy atom. The number of nitrogens with zero attached hydrogens (tertiary/aromatic N) is 5. The van der Waals surface area contributed by atoms with Gasteiger partial charge in [0.1, 0.15) is 6.07 Å². The smallest absolute Gasteiger partial charge is 0.101 e. The summed E-state index contributed by atoms with van der Waals surface area (Å²) in [4.78, 5) is 4.69. The maximum atomic E-state index is 10.5. The maximum Gasteiger partial charge on any atom is 0.101 e. The lowest BCUT2D eigenvalue weighted by Crippen LogP contribution is -2.34. The Kier molecular flexibility index (Phi) is 6.61. The van der Waals surface area contributed by atoms with Crippen LogP contribution in [0.25, 0.3) is 44.3 Å². The van der Waals surface area contributed by atoms with Gasteiger partial charge in [0.05, 0.1) is 40.0 Å². The monoisotopic (exact) mass is 629 g/mol. The number of nitriles is 2. The zero-order chi connectivity index (χ0) is 33.1. The number of fused-ring (bicyclic) bond motifs is 6. The average molecular weight is 630 g/mol. The molecule has 0 fully saturated rings. The normalized spacial score (nSPS) is 17.8. The molecule has 0 bridgehead atoms. The molecule has 232 valence electrons. The zero-order valence-corrected chi connectivity index (χ0v) is 27.0. The molecule has 49 heavy (non-hydrogen) atoms. The summed E-state index contributed by atoms with van der Waals surface area (Å²) in [6, 6.07) is 42.4. The molecule has 0 radical (unpaired) electrons. The fraction of sp³-hybridized carbons (Fsp3) is 0.0909. The van der Waals surface area contributed by atoms with Gasteiger partial charge in [-0.15, -0.1) is 0 Å². The minimum absolute atomic E-state index is 0.207. The highest BCUT2D eigenvalue weighted by Crippen LogP contribution is 2.47. The predicted molar refractivity (Wildman–Crippen MR) is 198 cm³/mol. The van der Waals surface area contributed by atoms with Crippen molar-refractivity contribution in [1.82, 2.24) is 9.47 Å². The molecule has 5 aromatic carbocycles. The molecule has 0 saturated heterocycles. The van der Waals surface area contributed by atoms with Gasteiger partial charge in [-0.25, -0.2) is 0 Å². The van der Waals surface area contributed by atoms with Gasteiger partial charge in [-0.3, -0.25) is 0 Å². The van der Waals surface area contributed by atoms with E-state index in [1.54, 1.807) is 0 Å². The van der Waals surface area contributed by atoms with Crippen LogP contribution in [0.3, 0.4) is 0 Å². The quantitative estimate of drug-likeness (QED) is 0.195. The van der Waals surface area contributed by atoms with Gasteiger partial charge in [0.15, 0.2) is 0 Å². The van der Waals surface area contributed by atoms with E-state index in [1.807, 2.05) is 36.4 Å². The summed E-state index contributed by atoms with van der Waals surface area (Å²) in [7, 11) is 2.10. The van der Waals surface area contributed by atoms with E-state index < -0.39 is 0 Å². The summed E-state index contributed by atoms with van der Waals surface area (Å²) >= 11 is 0. The average Bonchev–Trinajstić information content (AvgIpc) is 3.67. The predicted octanol–water partition coefficient (Wildman–Crippen LogP) is 9.46. The van der Waals surface area contributed by atoms with Gasteiger partial charge >= 0.3 is 0 Å². The first-order valence-corrected chi connectivity index (χ1v) is 16.6. The molecule has 5 nitrogen and oxygen atoms in total. The zero-order valence-electron chi connectivity index (χ0n) is 27.0. The SMILES string of the molecule is CN1CC=C(N2c3ccccc3C3C=CC=CC32)C=C1c1cc(C#N)cc(-c2cccc(C#N)c2-n2c3ccccc3c3ccccc32)c1. The second kappa shape index (κ2) is 11.3. The molecule has 0 amide bonds. The third-order valence-electron chi connectivity index (χ3n) is 10.1. The third-order valence-corrected chi connectivity index (χ3v) is 10.1. The van der Waals surface area contributed by atoms with Gasteiger partial charge in [0, 0.05) is 52.9 Å². The van der Waals surface area contributed by atoms with Crippen molar-refractivity contribution in [2.75, 3.05) is 18.5 Å². The number of hydrogen-bond donors (Lipinski definition) is 0. The number of rotatable bonds is 4. The van der Waals surface area contributed by atoms with E-state index in [4.69, 9.17) is 0 Å².